The number of nitrogens with zero attached hydrogens (tertiary/aromatic N) is 1. The van der Waals surface area contributed by atoms with Gasteiger partial charge in [0.1, 0.15) is 5.69 Å². The highest BCUT2D eigenvalue weighted by Crippen LogP contribution is 2.38. The molecule has 0 aliphatic heterocycles. The van der Waals surface area contributed by atoms with Gasteiger partial charge in [-0.25, -0.2) is 8.78 Å². The van der Waals surface area contributed by atoms with Gasteiger partial charge in [-0.15, -0.1) is 0 Å². The SMILES string of the molecule is N#Cc1cc(F)c(NCC2(CO)CCCC2)c(F)c1. The van der Waals surface area contributed by atoms with Crippen molar-refractivity contribution in [3.63, 3.8) is 0 Å². The molecule has 0 radical (unpaired) electrons. The Morgan fingerprint density at radius 3 is 2.32 bits per heavy atom. The van der Waals surface area contributed by atoms with Crippen LogP contribution >= 0.6 is 0 Å². The standard InChI is InChI=1S/C14H16F2N2O/c15-11-5-10(7-17)6-12(16)13(11)18-8-14(9-19)3-1-2-4-14/h5-6,18-19H,1-4,8-9H2. The molecule has 0 bridgehead atoms. The molecule has 19 heavy (non-hydrogen) atoms. The molecule has 0 aromatic heterocycles. The highest BCUT2D eigenvalue weighted by Gasteiger charge is 2.33. The van der Waals surface area contributed by atoms with Crippen LogP contribution in [0.2, 0.25) is 0 Å². The van der Waals surface area contributed by atoms with Gasteiger partial charge in [-0.2, -0.15) is 5.26 Å². The predicted octanol–water partition coefficient (Wildman–Crippen LogP) is 2.80. The van der Waals surface area contributed by atoms with Gasteiger partial charge in [0.25, 0.3) is 0 Å². The minimum Gasteiger partial charge on any atom is -0.396 e. The average Bonchev–Trinajstić information content (AvgIpc) is 2.87. The lowest BCUT2D eigenvalue weighted by Gasteiger charge is -2.27. The van der Waals surface area contributed by atoms with Gasteiger partial charge in [-0.3, -0.25) is 0 Å². The van der Waals surface area contributed by atoms with Crippen molar-refractivity contribution in [2.75, 3.05) is 18.5 Å². The molecule has 0 atom stereocenters. The molecule has 2 N–H and O–H groups in total. The summed E-state index contributed by atoms with van der Waals surface area (Å²) in [6.07, 6.45) is 3.77. The van der Waals surface area contributed by atoms with Crippen molar-refractivity contribution in [3.8, 4) is 6.07 Å². The molecule has 2 rings (SSSR count). The molecule has 0 unspecified atom stereocenters. The normalized spacial score (nSPS) is 17.2. The van der Waals surface area contributed by atoms with E-state index in [0.29, 0.717) is 6.54 Å². The molecule has 1 saturated carbocycles. The van der Waals surface area contributed by atoms with Crippen molar-refractivity contribution in [1.82, 2.24) is 0 Å². The van der Waals surface area contributed by atoms with Crippen LogP contribution < -0.4 is 5.32 Å². The quantitative estimate of drug-likeness (QED) is 0.881. The smallest absolute Gasteiger partial charge is 0.150 e. The monoisotopic (exact) mass is 266 g/mol. The summed E-state index contributed by atoms with van der Waals surface area (Å²) in [4.78, 5) is 0. The number of aliphatic hydroxyl groups is 1. The van der Waals surface area contributed by atoms with Crippen LogP contribution in [0.1, 0.15) is 31.2 Å². The van der Waals surface area contributed by atoms with Crippen LogP contribution in [-0.4, -0.2) is 18.3 Å². The number of halogens is 2. The Labute approximate surface area is 110 Å². The Balaban J connectivity index is 2.14. The van der Waals surface area contributed by atoms with Crippen molar-refractivity contribution in [2.45, 2.75) is 25.7 Å². The van der Waals surface area contributed by atoms with Gasteiger partial charge >= 0.3 is 0 Å². The largest absolute Gasteiger partial charge is 0.396 e. The highest BCUT2D eigenvalue weighted by atomic mass is 19.1. The summed E-state index contributed by atoms with van der Waals surface area (Å²) in [5.41, 5.74) is -0.552. The molecule has 0 amide bonds. The molecule has 1 aliphatic carbocycles. The van der Waals surface area contributed by atoms with Crippen molar-refractivity contribution < 1.29 is 13.9 Å². The molecular weight excluding hydrogens is 250 g/mol. The summed E-state index contributed by atoms with van der Waals surface area (Å²) < 4.78 is 27.4. The number of hydrogen-bond acceptors (Lipinski definition) is 3. The zero-order valence-electron chi connectivity index (χ0n) is 10.5. The van der Waals surface area contributed by atoms with Gasteiger partial charge < -0.3 is 10.4 Å². The molecule has 5 heteroatoms. The molecule has 0 spiro atoms. The Morgan fingerprint density at radius 1 is 1.26 bits per heavy atom. The Kier molecular flexibility index (Phi) is 4.01. The van der Waals surface area contributed by atoms with Crippen LogP contribution in [0.25, 0.3) is 0 Å². The Bertz CT molecular complexity index is 482. The highest BCUT2D eigenvalue weighted by molar-refractivity contribution is 5.50. The van der Waals surface area contributed by atoms with Gasteiger partial charge in [0.2, 0.25) is 0 Å². The van der Waals surface area contributed by atoms with E-state index in [9.17, 15) is 13.9 Å². The van der Waals surface area contributed by atoms with Gasteiger partial charge in [-0.1, -0.05) is 12.8 Å². The number of hydrogen-bond donors (Lipinski definition) is 2. The summed E-state index contributed by atoms with van der Waals surface area (Å²) in [5, 5.41) is 20.8. The first-order chi connectivity index (χ1) is 9.10. The number of anilines is 1. The molecule has 0 saturated heterocycles. The van der Waals surface area contributed by atoms with E-state index in [4.69, 9.17) is 5.26 Å². The number of nitriles is 1. The van der Waals surface area contributed by atoms with Crippen molar-refractivity contribution in [1.29, 1.82) is 5.26 Å². The van der Waals surface area contributed by atoms with Crippen molar-refractivity contribution >= 4 is 5.69 Å². The molecule has 102 valence electrons. The Morgan fingerprint density at radius 2 is 1.84 bits per heavy atom. The summed E-state index contributed by atoms with van der Waals surface area (Å²) in [6, 6.07) is 3.72. The van der Waals surface area contributed by atoms with Gasteiger partial charge in [0.15, 0.2) is 11.6 Å². The lowest BCUT2D eigenvalue weighted by Crippen LogP contribution is -2.31. The van der Waals surface area contributed by atoms with Gasteiger partial charge in [0.05, 0.1) is 18.2 Å². The minimum atomic E-state index is -0.775. The second kappa shape index (κ2) is 5.54. The second-order valence-corrected chi connectivity index (χ2v) is 5.15. The number of nitrogens with one attached hydrogen (secondary N) is 1. The maximum absolute atomic E-state index is 13.7. The molecule has 0 heterocycles. The van der Waals surface area contributed by atoms with E-state index in [-0.39, 0.29) is 23.3 Å². The lowest BCUT2D eigenvalue weighted by molar-refractivity contribution is 0.142. The van der Waals surface area contributed by atoms with Crippen LogP contribution in [0.4, 0.5) is 14.5 Å². The first-order valence-electron chi connectivity index (χ1n) is 6.34. The maximum atomic E-state index is 13.7. The third-order valence-electron chi connectivity index (χ3n) is 3.81. The number of rotatable bonds is 4. The van der Waals surface area contributed by atoms with E-state index in [1.54, 1.807) is 6.07 Å². The van der Waals surface area contributed by atoms with E-state index in [0.717, 1.165) is 37.8 Å². The molecular formula is C14H16F2N2O. The van der Waals surface area contributed by atoms with Crippen LogP contribution in [0.15, 0.2) is 12.1 Å². The van der Waals surface area contributed by atoms with Crippen LogP contribution in [0, 0.1) is 28.4 Å². The van der Waals surface area contributed by atoms with Crippen molar-refractivity contribution in [2.24, 2.45) is 5.41 Å². The fraction of sp³-hybridized carbons (Fsp3) is 0.500. The summed E-state index contributed by atoms with van der Waals surface area (Å²) in [6.45, 7) is 0.350. The second-order valence-electron chi connectivity index (χ2n) is 5.15. The lowest BCUT2D eigenvalue weighted by atomic mass is 9.87. The summed E-state index contributed by atoms with van der Waals surface area (Å²) in [7, 11) is 0. The number of benzene rings is 1. The molecule has 1 aromatic rings. The van der Waals surface area contributed by atoms with E-state index in [1.807, 2.05) is 0 Å². The topological polar surface area (TPSA) is 56.0 Å². The molecule has 1 fully saturated rings. The van der Waals surface area contributed by atoms with Crippen LogP contribution in [-0.2, 0) is 0 Å². The number of aliphatic hydroxyl groups excluding tert-OH is 1. The zero-order chi connectivity index (χ0) is 13.9. The van der Waals surface area contributed by atoms with E-state index in [2.05, 4.69) is 5.32 Å². The van der Waals surface area contributed by atoms with Crippen LogP contribution in [0.3, 0.4) is 0 Å². The fourth-order valence-corrected chi connectivity index (χ4v) is 2.60. The van der Waals surface area contributed by atoms with E-state index >= 15 is 0 Å². The third-order valence-corrected chi connectivity index (χ3v) is 3.81. The summed E-state index contributed by atoms with van der Waals surface area (Å²) >= 11 is 0. The van der Waals surface area contributed by atoms with Gasteiger partial charge in [0, 0.05) is 12.0 Å². The third kappa shape index (κ3) is 2.85. The van der Waals surface area contributed by atoms with Crippen LogP contribution in [0.5, 0.6) is 0 Å². The van der Waals surface area contributed by atoms with Gasteiger partial charge in [-0.05, 0) is 25.0 Å². The average molecular weight is 266 g/mol. The minimum absolute atomic E-state index is 0.0134. The molecule has 1 aliphatic rings. The fourth-order valence-electron chi connectivity index (χ4n) is 2.60. The van der Waals surface area contributed by atoms with E-state index in [1.165, 1.54) is 0 Å². The van der Waals surface area contributed by atoms with E-state index < -0.39 is 11.6 Å². The summed E-state index contributed by atoms with van der Waals surface area (Å²) in [5.74, 6) is -1.55. The maximum Gasteiger partial charge on any atom is 0.150 e. The Hall–Kier alpha value is -1.67. The molecule has 3 nitrogen and oxygen atoms in total. The van der Waals surface area contributed by atoms with Crippen molar-refractivity contribution in [3.05, 3.63) is 29.3 Å². The molecule has 1 aromatic carbocycles. The predicted molar refractivity (Wildman–Crippen MR) is 67.5 cm³/mol. The first-order valence-corrected chi connectivity index (χ1v) is 6.34. The first kappa shape index (κ1) is 13.8. The zero-order valence-corrected chi connectivity index (χ0v) is 10.5.